The molecule has 2 rings (SSSR count). The molecule has 0 radical (unpaired) electrons. The molecule has 0 aliphatic heterocycles. The first-order chi connectivity index (χ1) is 11.5. The number of quaternary nitrogens is 1. The minimum atomic E-state index is -0.313. The Bertz CT molecular complexity index is 671. The summed E-state index contributed by atoms with van der Waals surface area (Å²) in [5, 5.41) is 6.54. The van der Waals surface area contributed by atoms with Crippen molar-refractivity contribution < 1.29 is 9.29 Å². The third-order valence-electron chi connectivity index (χ3n) is 4.08. The zero-order valence-corrected chi connectivity index (χ0v) is 15.2. The molecule has 5 heteroatoms. The van der Waals surface area contributed by atoms with Crippen molar-refractivity contribution in [3.63, 3.8) is 0 Å². The third-order valence-corrected chi connectivity index (χ3v) is 4.32. The molecule has 128 valence electrons. The molecule has 0 bridgehead atoms. The summed E-state index contributed by atoms with van der Waals surface area (Å²) in [5.41, 5.74) is 2.97. The van der Waals surface area contributed by atoms with Crippen LogP contribution in [-0.2, 0) is 6.42 Å². The molecule has 3 N–H and O–H groups in total. The van der Waals surface area contributed by atoms with Crippen LogP contribution in [0, 0.1) is 5.82 Å². The number of anilines is 1. The van der Waals surface area contributed by atoms with Gasteiger partial charge in [-0.2, -0.15) is 0 Å². The number of hydrogen-bond donors (Lipinski definition) is 3. The molecule has 0 aromatic heterocycles. The molecule has 0 saturated carbocycles. The van der Waals surface area contributed by atoms with Crippen molar-refractivity contribution in [1.82, 2.24) is 5.32 Å². The van der Waals surface area contributed by atoms with Crippen molar-refractivity contribution in [2.75, 3.05) is 26.0 Å². The van der Waals surface area contributed by atoms with Crippen molar-refractivity contribution in [2.45, 2.75) is 19.4 Å². The molecule has 2 aromatic carbocycles. The summed E-state index contributed by atoms with van der Waals surface area (Å²) in [6.07, 6.45) is 1.04. The molecular weight excluding hydrogens is 321 g/mol. The predicted molar refractivity (Wildman–Crippen MR) is 102 cm³/mol. The van der Waals surface area contributed by atoms with Gasteiger partial charge in [0.25, 0.3) is 0 Å². The molecule has 2 aromatic rings. The van der Waals surface area contributed by atoms with Gasteiger partial charge in [-0.15, -0.1) is 0 Å². The summed E-state index contributed by atoms with van der Waals surface area (Å²) in [4.78, 5) is 1.31. The number of thiocarbonyl (C=S) groups is 1. The zero-order valence-electron chi connectivity index (χ0n) is 14.4. The largest absolute Gasteiger partial charge is 0.356 e. The van der Waals surface area contributed by atoms with Crippen LogP contribution in [0.1, 0.15) is 24.1 Å². The van der Waals surface area contributed by atoms with Gasteiger partial charge in [0.15, 0.2) is 5.11 Å². The van der Waals surface area contributed by atoms with Crippen LogP contribution < -0.4 is 15.5 Å². The predicted octanol–water partition coefficient (Wildman–Crippen LogP) is 2.56. The minimum Gasteiger partial charge on any atom is -0.356 e. The second-order valence-corrected chi connectivity index (χ2v) is 6.45. The minimum absolute atomic E-state index is 0.260. The highest BCUT2D eigenvalue weighted by Crippen LogP contribution is 2.13. The Hall–Kier alpha value is -1.98. The Morgan fingerprint density at radius 1 is 1.12 bits per heavy atom. The van der Waals surface area contributed by atoms with Gasteiger partial charge in [-0.05, 0) is 36.3 Å². The summed E-state index contributed by atoms with van der Waals surface area (Å²) in [5.74, 6) is -0.313. The van der Waals surface area contributed by atoms with E-state index in [1.807, 2.05) is 0 Å². The van der Waals surface area contributed by atoms with Crippen LogP contribution in [0.2, 0.25) is 0 Å². The van der Waals surface area contributed by atoms with E-state index in [1.54, 1.807) is 18.2 Å². The molecule has 0 heterocycles. The normalized spacial score (nSPS) is 12.0. The lowest BCUT2D eigenvalue weighted by Crippen LogP contribution is -3.07. The van der Waals surface area contributed by atoms with E-state index >= 15 is 0 Å². The van der Waals surface area contributed by atoms with Gasteiger partial charge in [0.1, 0.15) is 11.9 Å². The van der Waals surface area contributed by atoms with Crippen LogP contribution in [0.5, 0.6) is 0 Å². The van der Waals surface area contributed by atoms with Gasteiger partial charge in [0, 0.05) is 5.56 Å². The van der Waals surface area contributed by atoms with E-state index in [2.05, 4.69) is 55.9 Å². The fraction of sp³-hybridized carbons (Fsp3) is 0.316. The molecule has 0 aliphatic carbocycles. The monoisotopic (exact) mass is 346 g/mol. The van der Waals surface area contributed by atoms with Crippen molar-refractivity contribution >= 4 is 23.0 Å². The number of para-hydroxylation sites is 1. The summed E-state index contributed by atoms with van der Waals surface area (Å²) in [7, 11) is 4.24. The van der Waals surface area contributed by atoms with E-state index < -0.39 is 0 Å². The maximum Gasteiger partial charge on any atom is 0.171 e. The van der Waals surface area contributed by atoms with Crippen molar-refractivity contribution in [2.24, 2.45) is 0 Å². The lowest BCUT2D eigenvalue weighted by atomic mass is 10.0. The van der Waals surface area contributed by atoms with Crippen LogP contribution >= 0.6 is 12.2 Å². The lowest BCUT2D eigenvalue weighted by Gasteiger charge is -2.23. The van der Waals surface area contributed by atoms with E-state index in [0.717, 1.165) is 6.42 Å². The molecule has 1 atom stereocenters. The Morgan fingerprint density at radius 3 is 2.38 bits per heavy atom. The van der Waals surface area contributed by atoms with Gasteiger partial charge in [0.05, 0.1) is 26.3 Å². The first kappa shape index (κ1) is 18.4. The quantitative estimate of drug-likeness (QED) is 0.702. The Morgan fingerprint density at radius 2 is 1.79 bits per heavy atom. The summed E-state index contributed by atoms with van der Waals surface area (Å²) in [6, 6.07) is 15.4. The van der Waals surface area contributed by atoms with Crippen molar-refractivity contribution in [3.8, 4) is 0 Å². The van der Waals surface area contributed by atoms with Crippen LogP contribution in [0.25, 0.3) is 0 Å². The first-order valence-corrected chi connectivity index (χ1v) is 8.60. The van der Waals surface area contributed by atoms with E-state index in [9.17, 15) is 4.39 Å². The highest BCUT2D eigenvalue weighted by atomic mass is 32.1. The molecule has 0 unspecified atom stereocenters. The molecule has 3 nitrogen and oxygen atoms in total. The number of aryl methyl sites for hydroxylation is 1. The van der Waals surface area contributed by atoms with E-state index in [1.165, 1.54) is 22.1 Å². The third kappa shape index (κ3) is 5.01. The summed E-state index contributed by atoms with van der Waals surface area (Å²) < 4.78 is 13.7. The van der Waals surface area contributed by atoms with Gasteiger partial charge in [-0.1, -0.05) is 43.3 Å². The van der Waals surface area contributed by atoms with Crippen molar-refractivity contribution in [3.05, 3.63) is 65.5 Å². The standard InChI is InChI=1S/C19H24FN3S/c1-4-14-9-11-15(12-10-14)18(23(2)3)13-21-19(24)22-17-8-6-5-7-16(17)20/h5-12,18H,4,13H2,1-3H3,(H2,21,22,24)/p+1/t18-/m1/s1. The lowest BCUT2D eigenvalue weighted by molar-refractivity contribution is -0.890. The molecule has 0 saturated heterocycles. The number of hydrogen-bond acceptors (Lipinski definition) is 1. The van der Waals surface area contributed by atoms with Crippen LogP contribution in [0.3, 0.4) is 0 Å². The van der Waals surface area contributed by atoms with Gasteiger partial charge >= 0.3 is 0 Å². The van der Waals surface area contributed by atoms with E-state index in [-0.39, 0.29) is 11.9 Å². The van der Waals surface area contributed by atoms with Gasteiger partial charge in [-0.25, -0.2) is 4.39 Å². The molecule has 0 amide bonds. The number of halogens is 1. The first-order valence-electron chi connectivity index (χ1n) is 8.19. The molecule has 24 heavy (non-hydrogen) atoms. The van der Waals surface area contributed by atoms with Crippen molar-refractivity contribution in [1.29, 1.82) is 0 Å². The van der Waals surface area contributed by atoms with Gasteiger partial charge in [0.2, 0.25) is 0 Å². The highest BCUT2D eigenvalue weighted by Gasteiger charge is 2.18. The maximum atomic E-state index is 13.7. The second-order valence-electron chi connectivity index (χ2n) is 6.04. The average Bonchev–Trinajstić information content (AvgIpc) is 2.57. The molecular formula is C19H25FN3S+. The zero-order chi connectivity index (χ0) is 17.5. The number of rotatable bonds is 6. The summed E-state index contributed by atoms with van der Waals surface area (Å²) >= 11 is 5.29. The average molecular weight is 346 g/mol. The van der Waals surface area contributed by atoms with Crippen LogP contribution in [0.4, 0.5) is 10.1 Å². The molecule has 0 spiro atoms. The number of likely N-dealkylation sites (N-methyl/N-ethyl adjacent to an activating group) is 1. The number of nitrogens with one attached hydrogen (secondary N) is 3. The topological polar surface area (TPSA) is 28.5 Å². The van der Waals surface area contributed by atoms with E-state index in [0.29, 0.717) is 17.3 Å². The Labute approximate surface area is 148 Å². The van der Waals surface area contributed by atoms with Crippen LogP contribution in [0.15, 0.2) is 48.5 Å². The maximum absolute atomic E-state index is 13.7. The van der Waals surface area contributed by atoms with Gasteiger partial charge < -0.3 is 15.5 Å². The van der Waals surface area contributed by atoms with Crippen LogP contribution in [-0.4, -0.2) is 25.8 Å². The molecule has 0 aliphatic rings. The fourth-order valence-electron chi connectivity index (χ4n) is 2.56. The Kier molecular flexibility index (Phi) is 6.70. The van der Waals surface area contributed by atoms with Gasteiger partial charge in [-0.3, -0.25) is 0 Å². The Balaban J connectivity index is 1.98. The highest BCUT2D eigenvalue weighted by molar-refractivity contribution is 7.80. The van der Waals surface area contributed by atoms with E-state index in [4.69, 9.17) is 12.2 Å². The second kappa shape index (κ2) is 8.76. The SMILES string of the molecule is CCc1ccc([C@@H](CNC(=S)Nc2ccccc2F)[NH+](C)C)cc1. The fourth-order valence-corrected chi connectivity index (χ4v) is 2.76. The number of benzene rings is 2. The smallest absolute Gasteiger partial charge is 0.171 e. The summed E-state index contributed by atoms with van der Waals surface area (Å²) in [6.45, 7) is 2.83. The molecule has 0 fully saturated rings.